The maximum Gasteiger partial charge on any atom is 0.410 e. The molecule has 0 aliphatic rings. The van der Waals surface area contributed by atoms with Crippen molar-refractivity contribution >= 4 is 28.0 Å². The number of ether oxygens (including phenoxy) is 2. The van der Waals surface area contributed by atoms with Crippen molar-refractivity contribution in [2.24, 2.45) is 0 Å². The van der Waals surface area contributed by atoms with E-state index in [1.807, 2.05) is 75.4 Å². The van der Waals surface area contributed by atoms with E-state index in [9.17, 15) is 9.59 Å². The van der Waals surface area contributed by atoms with Crippen molar-refractivity contribution in [3.8, 4) is 0 Å². The van der Waals surface area contributed by atoms with Gasteiger partial charge in [-0.15, -0.1) is 0 Å². The molecular formula is C22H26BrNO4. The first-order valence-corrected chi connectivity index (χ1v) is 9.84. The van der Waals surface area contributed by atoms with Gasteiger partial charge >= 0.3 is 12.1 Å². The maximum atomic E-state index is 12.8. The highest BCUT2D eigenvalue weighted by Gasteiger charge is 2.29. The van der Waals surface area contributed by atoms with Crippen molar-refractivity contribution in [3.63, 3.8) is 0 Å². The minimum absolute atomic E-state index is 0.151. The smallest absolute Gasteiger partial charge is 0.410 e. The second kappa shape index (κ2) is 9.73. The summed E-state index contributed by atoms with van der Waals surface area (Å²) in [5.74, 6) is -1.02. The van der Waals surface area contributed by atoms with Gasteiger partial charge in [-0.3, -0.25) is 4.79 Å². The van der Waals surface area contributed by atoms with Crippen LogP contribution >= 0.6 is 15.9 Å². The molecule has 2 aromatic rings. The highest BCUT2D eigenvalue weighted by atomic mass is 79.9. The highest BCUT2D eigenvalue weighted by Crippen LogP contribution is 2.23. The number of esters is 1. The molecule has 0 saturated heterocycles. The van der Waals surface area contributed by atoms with Gasteiger partial charge in [0.25, 0.3) is 0 Å². The number of halogens is 1. The topological polar surface area (TPSA) is 55.8 Å². The largest absolute Gasteiger partial charge is 0.468 e. The molecule has 0 saturated carbocycles. The monoisotopic (exact) mass is 447 g/mol. The van der Waals surface area contributed by atoms with Crippen LogP contribution < -0.4 is 0 Å². The molecule has 0 aliphatic heterocycles. The third-order valence-electron chi connectivity index (χ3n) is 4.03. The van der Waals surface area contributed by atoms with Gasteiger partial charge in [0, 0.05) is 17.6 Å². The third kappa shape index (κ3) is 6.68. The van der Waals surface area contributed by atoms with Gasteiger partial charge < -0.3 is 14.4 Å². The molecule has 0 unspecified atom stereocenters. The number of benzene rings is 2. The van der Waals surface area contributed by atoms with Crippen LogP contribution in [0.4, 0.5) is 4.79 Å². The molecule has 1 amide bonds. The summed E-state index contributed by atoms with van der Waals surface area (Å²) >= 11 is 3.40. The van der Waals surface area contributed by atoms with Crippen molar-refractivity contribution in [3.05, 3.63) is 70.2 Å². The standard InChI is InChI=1S/C22H26BrNO4/c1-22(2,3)28-21(26)24(14-16-8-6-5-7-9-16)15-19(20(25)27-4)17-10-12-18(23)13-11-17/h5-13,19H,14-15H2,1-4H3/t19-/m1/s1. The van der Waals surface area contributed by atoms with E-state index in [2.05, 4.69) is 15.9 Å². The van der Waals surface area contributed by atoms with Gasteiger partial charge in [0.05, 0.1) is 13.0 Å². The number of methoxy groups -OCH3 is 1. The number of nitrogens with zero attached hydrogens (tertiary/aromatic N) is 1. The Labute approximate surface area is 174 Å². The van der Waals surface area contributed by atoms with Crippen LogP contribution in [0.15, 0.2) is 59.1 Å². The normalized spacial score (nSPS) is 12.2. The Bertz CT molecular complexity index is 784. The number of hydrogen-bond acceptors (Lipinski definition) is 4. The molecule has 150 valence electrons. The lowest BCUT2D eigenvalue weighted by Crippen LogP contribution is -2.40. The summed E-state index contributed by atoms with van der Waals surface area (Å²) in [5.41, 5.74) is 1.09. The molecule has 0 radical (unpaired) electrons. The molecule has 0 spiro atoms. The SMILES string of the molecule is COC(=O)[C@H](CN(Cc1ccccc1)C(=O)OC(C)(C)C)c1ccc(Br)cc1. The van der Waals surface area contributed by atoms with Gasteiger partial charge in [0.15, 0.2) is 0 Å². The Balaban J connectivity index is 2.31. The van der Waals surface area contributed by atoms with Crippen molar-refractivity contribution in [2.75, 3.05) is 13.7 Å². The lowest BCUT2D eigenvalue weighted by atomic mass is 9.98. The second-order valence-electron chi connectivity index (χ2n) is 7.47. The molecule has 0 fully saturated rings. The van der Waals surface area contributed by atoms with E-state index in [0.29, 0.717) is 6.54 Å². The molecule has 1 atom stereocenters. The summed E-state index contributed by atoms with van der Waals surface area (Å²) in [4.78, 5) is 26.9. The quantitative estimate of drug-likeness (QED) is 0.574. The second-order valence-corrected chi connectivity index (χ2v) is 8.39. The van der Waals surface area contributed by atoms with E-state index < -0.39 is 23.6 Å². The van der Waals surface area contributed by atoms with Gasteiger partial charge in [0.2, 0.25) is 0 Å². The molecule has 0 heterocycles. The lowest BCUT2D eigenvalue weighted by molar-refractivity contribution is -0.142. The molecule has 2 rings (SSSR count). The average Bonchev–Trinajstić information content (AvgIpc) is 2.65. The molecule has 0 aromatic heterocycles. The highest BCUT2D eigenvalue weighted by molar-refractivity contribution is 9.10. The first kappa shape index (κ1) is 22.0. The summed E-state index contributed by atoms with van der Waals surface area (Å²) in [6.45, 7) is 5.94. The Morgan fingerprint density at radius 1 is 1.04 bits per heavy atom. The van der Waals surface area contributed by atoms with Crippen molar-refractivity contribution in [1.82, 2.24) is 4.90 Å². The zero-order valence-electron chi connectivity index (χ0n) is 16.6. The zero-order valence-corrected chi connectivity index (χ0v) is 18.2. The number of amides is 1. The average molecular weight is 448 g/mol. The van der Waals surface area contributed by atoms with Gasteiger partial charge in [-0.1, -0.05) is 58.4 Å². The van der Waals surface area contributed by atoms with E-state index in [-0.39, 0.29) is 6.54 Å². The molecular weight excluding hydrogens is 422 g/mol. The Kier molecular flexibility index (Phi) is 7.63. The fourth-order valence-corrected chi connectivity index (χ4v) is 2.97. The predicted octanol–water partition coefficient (Wildman–Crippen LogP) is 5.14. The molecule has 0 N–H and O–H groups in total. The molecule has 0 bridgehead atoms. The van der Waals surface area contributed by atoms with Crippen LogP contribution in [-0.2, 0) is 20.8 Å². The van der Waals surface area contributed by atoms with E-state index in [1.54, 1.807) is 4.90 Å². The van der Waals surface area contributed by atoms with Crippen LogP contribution in [0.3, 0.4) is 0 Å². The summed E-state index contributed by atoms with van der Waals surface area (Å²) in [6, 6.07) is 17.0. The third-order valence-corrected chi connectivity index (χ3v) is 4.56. The molecule has 5 nitrogen and oxygen atoms in total. The first-order valence-electron chi connectivity index (χ1n) is 9.05. The molecule has 6 heteroatoms. The summed E-state index contributed by atoms with van der Waals surface area (Å²) in [7, 11) is 1.35. The fourth-order valence-electron chi connectivity index (χ4n) is 2.71. The van der Waals surface area contributed by atoms with Crippen molar-refractivity contribution in [1.29, 1.82) is 0 Å². The first-order chi connectivity index (χ1) is 13.2. The molecule has 28 heavy (non-hydrogen) atoms. The lowest BCUT2D eigenvalue weighted by Gasteiger charge is -2.30. The molecule has 2 aromatic carbocycles. The summed E-state index contributed by atoms with van der Waals surface area (Å²) in [6.07, 6.45) is -0.470. The Morgan fingerprint density at radius 3 is 2.18 bits per heavy atom. The van der Waals surface area contributed by atoms with Gasteiger partial charge in [-0.05, 0) is 44.0 Å². The van der Waals surface area contributed by atoms with E-state index in [1.165, 1.54) is 7.11 Å². The summed E-state index contributed by atoms with van der Waals surface area (Å²) < 4.78 is 11.5. The van der Waals surface area contributed by atoms with Crippen LogP contribution in [0.25, 0.3) is 0 Å². The minimum Gasteiger partial charge on any atom is -0.468 e. The van der Waals surface area contributed by atoms with Gasteiger partial charge in [0.1, 0.15) is 5.60 Å². The summed E-state index contributed by atoms with van der Waals surface area (Å²) in [5, 5.41) is 0. The molecule has 0 aliphatic carbocycles. The van der Waals surface area contributed by atoms with Crippen molar-refractivity contribution < 1.29 is 19.1 Å². The van der Waals surface area contributed by atoms with Crippen LogP contribution in [0.1, 0.15) is 37.8 Å². The van der Waals surface area contributed by atoms with E-state index >= 15 is 0 Å². The number of carbonyl (C=O) groups is 2. The van der Waals surface area contributed by atoms with Crippen molar-refractivity contribution in [2.45, 2.75) is 38.8 Å². The zero-order chi connectivity index (χ0) is 20.7. The Hall–Kier alpha value is -2.34. The maximum absolute atomic E-state index is 12.8. The Morgan fingerprint density at radius 2 is 1.64 bits per heavy atom. The van der Waals surface area contributed by atoms with E-state index in [0.717, 1.165) is 15.6 Å². The van der Waals surface area contributed by atoms with Crippen LogP contribution in [-0.4, -0.2) is 36.2 Å². The number of hydrogen-bond donors (Lipinski definition) is 0. The van der Waals surface area contributed by atoms with Gasteiger partial charge in [-0.25, -0.2) is 4.79 Å². The van der Waals surface area contributed by atoms with Gasteiger partial charge in [-0.2, -0.15) is 0 Å². The number of carbonyl (C=O) groups excluding carboxylic acids is 2. The van der Waals surface area contributed by atoms with Crippen LogP contribution in [0.5, 0.6) is 0 Å². The minimum atomic E-state index is -0.635. The van der Waals surface area contributed by atoms with Crippen LogP contribution in [0, 0.1) is 0 Å². The fraction of sp³-hybridized carbons (Fsp3) is 0.364. The predicted molar refractivity (Wildman–Crippen MR) is 112 cm³/mol. The van der Waals surface area contributed by atoms with Crippen LogP contribution in [0.2, 0.25) is 0 Å². The number of rotatable bonds is 6. The van der Waals surface area contributed by atoms with E-state index in [4.69, 9.17) is 9.47 Å².